The van der Waals surface area contributed by atoms with Crippen LogP contribution in [0.3, 0.4) is 0 Å². The third-order valence-electron chi connectivity index (χ3n) is 6.49. The molecule has 0 radical (unpaired) electrons. The number of fused-ring (bicyclic) bond motifs is 1. The average molecular weight is 407 g/mol. The van der Waals surface area contributed by atoms with Crippen LogP contribution in [0.5, 0.6) is 0 Å². The lowest BCUT2D eigenvalue weighted by Gasteiger charge is -2.42. The van der Waals surface area contributed by atoms with Crippen LogP contribution in [-0.4, -0.2) is 47.5 Å². The van der Waals surface area contributed by atoms with Crippen molar-refractivity contribution in [1.29, 1.82) is 0 Å². The van der Waals surface area contributed by atoms with Crippen molar-refractivity contribution in [3.63, 3.8) is 0 Å². The summed E-state index contributed by atoms with van der Waals surface area (Å²) in [5.74, 6) is 0.579. The average Bonchev–Trinajstić information content (AvgIpc) is 3.23. The second kappa shape index (κ2) is 8.59. The molecule has 5 nitrogen and oxygen atoms in total. The van der Waals surface area contributed by atoms with Gasteiger partial charge in [0.25, 0.3) is 0 Å². The molecular formula is C21H35FN4OSi. The Hall–Kier alpha value is -1.31. The summed E-state index contributed by atoms with van der Waals surface area (Å²) in [6, 6.07) is 3.29. The highest BCUT2D eigenvalue weighted by molar-refractivity contribution is 6.77. The van der Waals surface area contributed by atoms with Crippen LogP contribution in [0.4, 0.5) is 4.39 Å². The number of halogens is 1. The molecule has 2 aromatic rings. The molecular weight excluding hydrogens is 371 g/mol. The molecule has 0 N–H and O–H groups in total. The lowest BCUT2D eigenvalue weighted by Crippen LogP contribution is -2.49. The van der Waals surface area contributed by atoms with Crippen LogP contribution in [0.25, 0.3) is 5.65 Å². The molecule has 0 amide bonds. The Morgan fingerprint density at radius 1 is 1.11 bits per heavy atom. The van der Waals surface area contributed by atoms with Crippen molar-refractivity contribution in [2.45, 2.75) is 77.0 Å². The fraction of sp³-hybridized carbons (Fsp3) is 0.714. The maximum absolute atomic E-state index is 13.7. The predicted molar refractivity (Wildman–Crippen MR) is 113 cm³/mol. The lowest BCUT2D eigenvalue weighted by molar-refractivity contribution is 0.179. The summed E-state index contributed by atoms with van der Waals surface area (Å²) in [7, 11) is -1.85. The van der Waals surface area contributed by atoms with E-state index >= 15 is 0 Å². The van der Waals surface area contributed by atoms with E-state index in [1.807, 2.05) is 0 Å². The normalized spacial score (nSPS) is 19.0. The number of hydrogen-bond donors (Lipinski definition) is 0. The molecule has 0 unspecified atom stereocenters. The molecule has 0 aliphatic carbocycles. The predicted octanol–water partition coefficient (Wildman–Crippen LogP) is 5.20. The Morgan fingerprint density at radius 2 is 1.79 bits per heavy atom. The molecule has 3 rings (SSSR count). The first kappa shape index (κ1) is 21.4. The topological polar surface area (TPSA) is 42.7 Å². The van der Waals surface area contributed by atoms with Crippen LogP contribution in [0, 0.1) is 5.82 Å². The minimum atomic E-state index is -1.85. The van der Waals surface area contributed by atoms with Crippen molar-refractivity contribution in [1.82, 2.24) is 19.5 Å². The molecule has 2 aromatic heterocycles. The first-order valence-corrected chi connectivity index (χ1v) is 12.8. The van der Waals surface area contributed by atoms with Crippen molar-refractivity contribution < 1.29 is 8.82 Å². The van der Waals surface area contributed by atoms with Gasteiger partial charge in [-0.2, -0.15) is 0 Å². The summed E-state index contributed by atoms with van der Waals surface area (Å²) in [4.78, 5) is 2.43. The van der Waals surface area contributed by atoms with Crippen LogP contribution in [0.15, 0.2) is 18.3 Å². The second-order valence-corrected chi connectivity index (χ2v) is 14.5. The first-order chi connectivity index (χ1) is 13.3. The first-order valence-electron chi connectivity index (χ1n) is 10.7. The van der Waals surface area contributed by atoms with E-state index in [2.05, 4.69) is 56.6 Å². The van der Waals surface area contributed by atoms with Gasteiger partial charge in [0, 0.05) is 19.3 Å². The maximum atomic E-state index is 13.7. The fourth-order valence-corrected chi connectivity index (χ4v) is 10.8. The number of pyridine rings is 1. The Kier molecular flexibility index (Phi) is 6.57. The van der Waals surface area contributed by atoms with Gasteiger partial charge >= 0.3 is 0 Å². The smallest absolute Gasteiger partial charge is 0.200 e. The quantitative estimate of drug-likeness (QED) is 0.565. The van der Waals surface area contributed by atoms with Gasteiger partial charge in [-0.1, -0.05) is 41.5 Å². The minimum Gasteiger partial charge on any atom is -0.415 e. The lowest BCUT2D eigenvalue weighted by atomic mass is 10.2. The SMILES string of the molecule is CC(C)[Si](OCCN1CCC[C@H]1c1nnc2ccc(F)cn12)(C(C)C)C(C)C. The van der Waals surface area contributed by atoms with Crippen LogP contribution in [-0.2, 0) is 4.43 Å². The van der Waals surface area contributed by atoms with Crippen molar-refractivity contribution in [2.75, 3.05) is 19.7 Å². The fourth-order valence-electron chi connectivity index (χ4n) is 5.34. The zero-order chi connectivity index (χ0) is 20.5. The van der Waals surface area contributed by atoms with Crippen molar-refractivity contribution >= 4 is 14.0 Å². The molecule has 0 saturated carbocycles. The number of nitrogens with zero attached hydrogens (tertiary/aromatic N) is 4. The van der Waals surface area contributed by atoms with Gasteiger partial charge in [-0.15, -0.1) is 10.2 Å². The third-order valence-corrected chi connectivity index (χ3v) is 12.6. The van der Waals surface area contributed by atoms with Gasteiger partial charge < -0.3 is 4.43 Å². The standard InChI is InChI=1S/C21H35FN4OSi/c1-15(2)28(16(3)4,17(5)6)27-13-12-25-11-7-8-19(25)21-24-23-20-10-9-18(22)14-26(20)21/h9-10,14-17,19H,7-8,11-13H2,1-6H3/t19-/m0/s1. The number of aromatic nitrogens is 3. The Morgan fingerprint density at radius 3 is 2.43 bits per heavy atom. The second-order valence-electron chi connectivity index (χ2n) is 8.99. The monoisotopic (exact) mass is 406 g/mol. The molecule has 0 bridgehead atoms. The van der Waals surface area contributed by atoms with Crippen molar-refractivity contribution in [3.8, 4) is 0 Å². The largest absolute Gasteiger partial charge is 0.415 e. The molecule has 3 heterocycles. The molecule has 1 aliphatic heterocycles. The Balaban J connectivity index is 1.72. The van der Waals surface area contributed by atoms with Crippen molar-refractivity contribution in [2.24, 2.45) is 0 Å². The van der Waals surface area contributed by atoms with E-state index in [-0.39, 0.29) is 11.9 Å². The van der Waals surface area contributed by atoms with E-state index in [0.29, 0.717) is 22.3 Å². The van der Waals surface area contributed by atoms with Gasteiger partial charge in [0.15, 0.2) is 19.8 Å². The minimum absolute atomic E-state index is 0.175. The molecule has 1 fully saturated rings. The van der Waals surface area contributed by atoms with E-state index in [4.69, 9.17) is 4.43 Å². The molecule has 7 heteroatoms. The van der Waals surface area contributed by atoms with Gasteiger partial charge in [0.05, 0.1) is 6.04 Å². The highest BCUT2D eigenvalue weighted by Crippen LogP contribution is 2.42. The van der Waals surface area contributed by atoms with Crippen LogP contribution >= 0.6 is 0 Å². The van der Waals surface area contributed by atoms with E-state index < -0.39 is 8.32 Å². The molecule has 1 aliphatic rings. The highest BCUT2D eigenvalue weighted by Gasteiger charge is 2.45. The molecule has 1 saturated heterocycles. The third kappa shape index (κ3) is 3.89. The summed E-state index contributed by atoms with van der Waals surface area (Å²) in [5.41, 5.74) is 2.46. The molecule has 156 valence electrons. The number of likely N-dealkylation sites (tertiary alicyclic amines) is 1. The van der Waals surface area contributed by atoms with E-state index in [1.54, 1.807) is 10.5 Å². The summed E-state index contributed by atoms with van der Waals surface area (Å²) in [6.07, 6.45) is 3.64. The van der Waals surface area contributed by atoms with Gasteiger partial charge in [0.2, 0.25) is 0 Å². The van der Waals surface area contributed by atoms with Gasteiger partial charge in [0.1, 0.15) is 5.82 Å². The molecule has 1 atom stereocenters. The molecule has 0 aromatic carbocycles. The van der Waals surface area contributed by atoms with Gasteiger partial charge in [-0.05, 0) is 48.1 Å². The summed E-state index contributed by atoms with van der Waals surface area (Å²) in [5, 5.41) is 8.61. The van der Waals surface area contributed by atoms with E-state index in [1.165, 1.54) is 12.3 Å². The van der Waals surface area contributed by atoms with Crippen molar-refractivity contribution in [3.05, 3.63) is 30.0 Å². The zero-order valence-electron chi connectivity index (χ0n) is 18.2. The van der Waals surface area contributed by atoms with Crippen LogP contribution in [0.2, 0.25) is 16.6 Å². The van der Waals surface area contributed by atoms with E-state index in [9.17, 15) is 4.39 Å². The van der Waals surface area contributed by atoms with E-state index in [0.717, 1.165) is 38.4 Å². The van der Waals surface area contributed by atoms with Gasteiger partial charge in [-0.25, -0.2) is 4.39 Å². The van der Waals surface area contributed by atoms with Crippen LogP contribution in [0.1, 0.15) is 66.3 Å². The zero-order valence-corrected chi connectivity index (χ0v) is 19.2. The van der Waals surface area contributed by atoms with Gasteiger partial charge in [-0.3, -0.25) is 9.30 Å². The van der Waals surface area contributed by atoms with Crippen LogP contribution < -0.4 is 0 Å². The summed E-state index contributed by atoms with van der Waals surface area (Å²) in [6.45, 7) is 16.6. The number of hydrogen-bond acceptors (Lipinski definition) is 4. The molecule has 28 heavy (non-hydrogen) atoms. The maximum Gasteiger partial charge on any atom is 0.200 e. The summed E-state index contributed by atoms with van der Waals surface area (Å²) >= 11 is 0. The summed E-state index contributed by atoms with van der Waals surface area (Å²) < 4.78 is 22.3. The number of rotatable bonds is 8. The Labute approximate surface area is 169 Å². The molecule has 0 spiro atoms. The highest BCUT2D eigenvalue weighted by atomic mass is 28.4. The Bertz CT molecular complexity index is 770.